The lowest BCUT2D eigenvalue weighted by Crippen LogP contribution is -2.48. The lowest BCUT2D eigenvalue weighted by atomic mass is 9.94. The molecule has 1 aromatic rings. The number of hydrogen-bond donors (Lipinski definition) is 1. The Morgan fingerprint density at radius 1 is 1.19 bits per heavy atom. The summed E-state index contributed by atoms with van der Waals surface area (Å²) >= 11 is 0. The molecule has 2 amide bonds. The van der Waals surface area contributed by atoms with Crippen molar-refractivity contribution in [1.29, 1.82) is 0 Å². The van der Waals surface area contributed by atoms with Crippen molar-refractivity contribution in [3.05, 3.63) is 35.6 Å². The fraction of sp³-hybridized carbons (Fsp3) is 0.619. The van der Waals surface area contributed by atoms with Crippen LogP contribution in [0.25, 0.3) is 0 Å². The van der Waals surface area contributed by atoms with Crippen LogP contribution >= 0.6 is 0 Å². The standard InChI is InChI=1S/C21H29FN2O3/c1-14(2)21(26)24-11-3-5-16(13-24)20(25)23-19(18-6-4-12-27-18)15-7-9-17(22)10-8-15/h7-10,14,16,18-19H,3-6,11-13H2,1-2H3,(H,23,25)/t16-,18-,19+/m0/s1. The van der Waals surface area contributed by atoms with Crippen LogP contribution in [-0.4, -0.2) is 42.5 Å². The van der Waals surface area contributed by atoms with Crippen molar-refractivity contribution < 1.29 is 18.7 Å². The summed E-state index contributed by atoms with van der Waals surface area (Å²) in [5.41, 5.74) is 0.850. The van der Waals surface area contributed by atoms with Gasteiger partial charge in [-0.2, -0.15) is 0 Å². The van der Waals surface area contributed by atoms with Gasteiger partial charge >= 0.3 is 0 Å². The summed E-state index contributed by atoms with van der Waals surface area (Å²) in [7, 11) is 0. The van der Waals surface area contributed by atoms with Gasteiger partial charge < -0.3 is 15.0 Å². The van der Waals surface area contributed by atoms with Crippen LogP contribution in [0.4, 0.5) is 4.39 Å². The van der Waals surface area contributed by atoms with Crippen LogP contribution in [0, 0.1) is 17.7 Å². The molecule has 0 bridgehead atoms. The normalized spacial score (nSPS) is 24.1. The summed E-state index contributed by atoms with van der Waals surface area (Å²) in [4.78, 5) is 27.1. The zero-order valence-electron chi connectivity index (χ0n) is 16.1. The van der Waals surface area contributed by atoms with Crippen LogP contribution in [0.15, 0.2) is 24.3 Å². The maximum atomic E-state index is 13.3. The molecule has 3 atom stereocenters. The van der Waals surface area contributed by atoms with Gasteiger partial charge in [0.15, 0.2) is 0 Å². The molecular formula is C21H29FN2O3. The van der Waals surface area contributed by atoms with E-state index in [9.17, 15) is 14.0 Å². The van der Waals surface area contributed by atoms with Crippen molar-refractivity contribution in [3.8, 4) is 0 Å². The largest absolute Gasteiger partial charge is 0.376 e. The predicted molar refractivity (Wildman–Crippen MR) is 100 cm³/mol. The van der Waals surface area contributed by atoms with Crippen LogP contribution in [0.3, 0.4) is 0 Å². The minimum atomic E-state index is -0.300. The Balaban J connectivity index is 1.70. The minimum Gasteiger partial charge on any atom is -0.376 e. The molecule has 2 fully saturated rings. The van der Waals surface area contributed by atoms with Gasteiger partial charge in [0.25, 0.3) is 0 Å². The fourth-order valence-electron chi connectivity index (χ4n) is 3.95. The lowest BCUT2D eigenvalue weighted by molar-refractivity contribution is -0.138. The zero-order valence-corrected chi connectivity index (χ0v) is 16.1. The lowest BCUT2D eigenvalue weighted by Gasteiger charge is -2.34. The molecule has 2 aliphatic heterocycles. The third kappa shape index (κ3) is 4.86. The molecule has 2 heterocycles. The Morgan fingerprint density at radius 3 is 2.56 bits per heavy atom. The SMILES string of the molecule is CC(C)C(=O)N1CCC[C@H](C(=O)N[C@H](c2ccc(F)cc2)[C@@H]2CCCO2)C1. The molecule has 5 nitrogen and oxygen atoms in total. The maximum Gasteiger partial charge on any atom is 0.225 e. The van der Waals surface area contributed by atoms with Gasteiger partial charge in [-0.05, 0) is 43.4 Å². The smallest absolute Gasteiger partial charge is 0.225 e. The Morgan fingerprint density at radius 2 is 1.93 bits per heavy atom. The van der Waals surface area contributed by atoms with E-state index < -0.39 is 0 Å². The van der Waals surface area contributed by atoms with Crippen LogP contribution in [0.2, 0.25) is 0 Å². The molecule has 0 saturated carbocycles. The summed E-state index contributed by atoms with van der Waals surface area (Å²) in [5, 5.41) is 3.13. The van der Waals surface area contributed by atoms with Gasteiger partial charge in [0.1, 0.15) is 5.82 Å². The van der Waals surface area contributed by atoms with Crippen molar-refractivity contribution in [3.63, 3.8) is 0 Å². The van der Waals surface area contributed by atoms with Gasteiger partial charge in [0.2, 0.25) is 11.8 Å². The van der Waals surface area contributed by atoms with Crippen LogP contribution < -0.4 is 5.32 Å². The molecule has 0 radical (unpaired) electrons. The van der Waals surface area contributed by atoms with Gasteiger partial charge in [-0.3, -0.25) is 9.59 Å². The summed E-state index contributed by atoms with van der Waals surface area (Å²) in [6.45, 7) is 5.62. The third-order valence-electron chi connectivity index (χ3n) is 5.46. The van der Waals surface area contributed by atoms with Gasteiger partial charge in [-0.1, -0.05) is 26.0 Å². The molecule has 2 aliphatic rings. The first-order chi connectivity index (χ1) is 13.0. The van der Waals surface area contributed by atoms with Gasteiger partial charge in [-0.25, -0.2) is 4.39 Å². The highest BCUT2D eigenvalue weighted by Crippen LogP contribution is 2.28. The van der Waals surface area contributed by atoms with E-state index in [2.05, 4.69) is 5.32 Å². The van der Waals surface area contributed by atoms with E-state index in [1.54, 1.807) is 17.0 Å². The third-order valence-corrected chi connectivity index (χ3v) is 5.46. The molecule has 0 aliphatic carbocycles. The molecule has 0 aromatic heterocycles. The van der Waals surface area contributed by atoms with Crippen molar-refractivity contribution in [2.45, 2.75) is 51.7 Å². The number of nitrogens with one attached hydrogen (secondary N) is 1. The molecule has 0 spiro atoms. The average Bonchev–Trinajstić information content (AvgIpc) is 3.20. The van der Waals surface area contributed by atoms with Crippen LogP contribution in [0.5, 0.6) is 0 Å². The van der Waals surface area contributed by atoms with Crippen molar-refractivity contribution in [1.82, 2.24) is 10.2 Å². The molecule has 3 rings (SSSR count). The Labute approximate surface area is 160 Å². The number of likely N-dealkylation sites (tertiary alicyclic amines) is 1. The summed E-state index contributed by atoms with van der Waals surface area (Å²) in [6, 6.07) is 5.94. The molecule has 148 valence electrons. The topological polar surface area (TPSA) is 58.6 Å². The molecule has 6 heteroatoms. The first kappa shape index (κ1) is 19.8. The number of ether oxygens (including phenoxy) is 1. The van der Waals surface area contributed by atoms with E-state index >= 15 is 0 Å². The van der Waals surface area contributed by atoms with E-state index in [0.717, 1.165) is 31.2 Å². The number of amides is 2. The molecule has 1 N–H and O–H groups in total. The molecule has 27 heavy (non-hydrogen) atoms. The quantitative estimate of drug-likeness (QED) is 0.859. The number of carbonyl (C=O) groups excluding carboxylic acids is 2. The van der Waals surface area contributed by atoms with Crippen LogP contribution in [0.1, 0.15) is 51.1 Å². The number of rotatable bonds is 5. The molecular weight excluding hydrogens is 347 g/mol. The number of piperidine rings is 1. The fourth-order valence-corrected chi connectivity index (χ4v) is 3.95. The highest BCUT2D eigenvalue weighted by molar-refractivity contribution is 5.82. The number of carbonyl (C=O) groups is 2. The highest BCUT2D eigenvalue weighted by atomic mass is 19.1. The minimum absolute atomic E-state index is 0.0546. The monoisotopic (exact) mass is 376 g/mol. The summed E-state index contributed by atoms with van der Waals surface area (Å²) in [5.74, 6) is -0.537. The second-order valence-electron chi connectivity index (χ2n) is 7.87. The van der Waals surface area contributed by atoms with Gasteiger partial charge in [0, 0.05) is 25.6 Å². The molecule has 0 unspecified atom stereocenters. The van der Waals surface area contributed by atoms with Crippen molar-refractivity contribution >= 4 is 11.8 Å². The number of hydrogen-bond acceptors (Lipinski definition) is 3. The zero-order chi connectivity index (χ0) is 19.4. The Hall–Kier alpha value is -1.95. The Kier molecular flexibility index (Phi) is 6.47. The highest BCUT2D eigenvalue weighted by Gasteiger charge is 2.33. The van der Waals surface area contributed by atoms with E-state index in [4.69, 9.17) is 4.74 Å². The first-order valence-corrected chi connectivity index (χ1v) is 9.92. The first-order valence-electron chi connectivity index (χ1n) is 9.92. The molecule has 1 aromatic carbocycles. The van der Waals surface area contributed by atoms with Crippen molar-refractivity contribution in [2.24, 2.45) is 11.8 Å². The summed E-state index contributed by atoms with van der Waals surface area (Å²) in [6.07, 6.45) is 3.33. The maximum absolute atomic E-state index is 13.3. The number of benzene rings is 1. The predicted octanol–water partition coefficient (Wildman–Crippen LogP) is 3.06. The summed E-state index contributed by atoms with van der Waals surface area (Å²) < 4.78 is 19.1. The number of halogens is 1. The van der Waals surface area contributed by atoms with Crippen LogP contribution in [-0.2, 0) is 14.3 Å². The number of nitrogens with zero attached hydrogens (tertiary/aromatic N) is 1. The average molecular weight is 376 g/mol. The van der Waals surface area contributed by atoms with E-state index in [0.29, 0.717) is 19.7 Å². The van der Waals surface area contributed by atoms with E-state index in [1.165, 1.54) is 12.1 Å². The van der Waals surface area contributed by atoms with Crippen molar-refractivity contribution in [2.75, 3.05) is 19.7 Å². The Bertz CT molecular complexity index is 656. The van der Waals surface area contributed by atoms with E-state index in [-0.39, 0.29) is 41.6 Å². The molecule has 2 saturated heterocycles. The second kappa shape index (κ2) is 8.83. The van der Waals surface area contributed by atoms with Gasteiger partial charge in [-0.15, -0.1) is 0 Å². The van der Waals surface area contributed by atoms with E-state index in [1.807, 2.05) is 13.8 Å². The second-order valence-corrected chi connectivity index (χ2v) is 7.87. The van der Waals surface area contributed by atoms with Gasteiger partial charge in [0.05, 0.1) is 18.1 Å².